The van der Waals surface area contributed by atoms with E-state index < -0.39 is 0 Å². The standard InChI is InChI=1S/C17H19NO3/c1-19-15-7-3-2-5-13(15)9-10-18-11-14-6-4-8-16-17(14)21-12-20-16/h2-8,18H,9-12H2,1H3. The van der Waals surface area contributed by atoms with E-state index in [2.05, 4.69) is 17.4 Å². The Bertz CT molecular complexity index is 613. The van der Waals surface area contributed by atoms with E-state index in [4.69, 9.17) is 14.2 Å². The van der Waals surface area contributed by atoms with Gasteiger partial charge < -0.3 is 19.5 Å². The molecule has 21 heavy (non-hydrogen) atoms. The van der Waals surface area contributed by atoms with E-state index in [0.717, 1.165) is 42.3 Å². The predicted octanol–water partition coefficient (Wildman–Crippen LogP) is 2.76. The molecule has 0 bridgehead atoms. The molecule has 0 amide bonds. The molecule has 0 unspecified atom stereocenters. The second-order valence-electron chi connectivity index (χ2n) is 4.89. The first-order valence-corrected chi connectivity index (χ1v) is 7.08. The second-order valence-corrected chi connectivity index (χ2v) is 4.89. The Labute approximate surface area is 124 Å². The van der Waals surface area contributed by atoms with Gasteiger partial charge in [-0.15, -0.1) is 0 Å². The largest absolute Gasteiger partial charge is 0.496 e. The Morgan fingerprint density at radius 1 is 1.05 bits per heavy atom. The van der Waals surface area contributed by atoms with Gasteiger partial charge in [0.2, 0.25) is 6.79 Å². The molecular formula is C17H19NO3. The van der Waals surface area contributed by atoms with Gasteiger partial charge in [-0.2, -0.15) is 0 Å². The van der Waals surface area contributed by atoms with Crippen molar-refractivity contribution in [2.45, 2.75) is 13.0 Å². The Balaban J connectivity index is 1.54. The highest BCUT2D eigenvalue weighted by Gasteiger charge is 2.16. The van der Waals surface area contributed by atoms with Crippen molar-refractivity contribution in [1.82, 2.24) is 5.32 Å². The lowest BCUT2D eigenvalue weighted by molar-refractivity contribution is 0.173. The molecule has 0 aromatic heterocycles. The molecule has 0 saturated carbocycles. The van der Waals surface area contributed by atoms with E-state index in [9.17, 15) is 0 Å². The van der Waals surface area contributed by atoms with E-state index in [0.29, 0.717) is 6.79 Å². The molecule has 2 aromatic rings. The molecule has 0 aliphatic carbocycles. The minimum Gasteiger partial charge on any atom is -0.496 e. The number of methoxy groups -OCH3 is 1. The number of para-hydroxylation sites is 2. The topological polar surface area (TPSA) is 39.7 Å². The van der Waals surface area contributed by atoms with Crippen molar-refractivity contribution in [1.29, 1.82) is 0 Å². The van der Waals surface area contributed by atoms with Crippen LogP contribution in [0.3, 0.4) is 0 Å². The monoisotopic (exact) mass is 285 g/mol. The molecule has 110 valence electrons. The Kier molecular flexibility index (Phi) is 4.26. The average Bonchev–Trinajstić information content (AvgIpc) is 3.01. The zero-order valence-corrected chi connectivity index (χ0v) is 12.1. The maximum Gasteiger partial charge on any atom is 0.231 e. The summed E-state index contributed by atoms with van der Waals surface area (Å²) in [5.74, 6) is 2.64. The molecule has 1 heterocycles. The normalized spacial score (nSPS) is 12.4. The van der Waals surface area contributed by atoms with Crippen molar-refractivity contribution in [3.63, 3.8) is 0 Å². The summed E-state index contributed by atoms with van der Waals surface area (Å²) in [5.41, 5.74) is 2.34. The summed E-state index contributed by atoms with van der Waals surface area (Å²) < 4.78 is 16.2. The van der Waals surface area contributed by atoms with Crippen LogP contribution >= 0.6 is 0 Å². The molecule has 3 rings (SSSR count). The Morgan fingerprint density at radius 3 is 2.81 bits per heavy atom. The van der Waals surface area contributed by atoms with Gasteiger partial charge in [0, 0.05) is 12.1 Å². The van der Waals surface area contributed by atoms with Crippen molar-refractivity contribution in [2.75, 3.05) is 20.4 Å². The number of rotatable bonds is 6. The Hall–Kier alpha value is -2.20. The third-order valence-electron chi connectivity index (χ3n) is 3.56. The predicted molar refractivity (Wildman–Crippen MR) is 81.0 cm³/mol. The molecule has 4 nitrogen and oxygen atoms in total. The van der Waals surface area contributed by atoms with Crippen LogP contribution in [-0.2, 0) is 13.0 Å². The average molecular weight is 285 g/mol. The highest BCUT2D eigenvalue weighted by molar-refractivity contribution is 5.48. The van der Waals surface area contributed by atoms with Crippen molar-refractivity contribution < 1.29 is 14.2 Å². The third-order valence-corrected chi connectivity index (χ3v) is 3.56. The zero-order chi connectivity index (χ0) is 14.5. The van der Waals surface area contributed by atoms with Crippen molar-refractivity contribution in [3.05, 3.63) is 53.6 Å². The van der Waals surface area contributed by atoms with Crippen LogP contribution in [0.15, 0.2) is 42.5 Å². The number of ether oxygens (including phenoxy) is 3. The molecule has 1 aliphatic heterocycles. The summed E-state index contributed by atoms with van der Waals surface area (Å²) in [6, 6.07) is 14.1. The highest BCUT2D eigenvalue weighted by Crippen LogP contribution is 2.35. The van der Waals surface area contributed by atoms with Gasteiger partial charge in [-0.05, 0) is 30.7 Å². The summed E-state index contributed by atoms with van der Waals surface area (Å²) >= 11 is 0. The molecule has 1 aliphatic rings. The SMILES string of the molecule is COc1ccccc1CCNCc1cccc2c1OCO2. The van der Waals surface area contributed by atoms with Gasteiger partial charge in [0.1, 0.15) is 5.75 Å². The van der Waals surface area contributed by atoms with Gasteiger partial charge >= 0.3 is 0 Å². The molecule has 2 aromatic carbocycles. The third kappa shape index (κ3) is 3.11. The minimum atomic E-state index is 0.313. The van der Waals surface area contributed by atoms with Crippen molar-refractivity contribution >= 4 is 0 Å². The quantitative estimate of drug-likeness (QED) is 0.828. The summed E-state index contributed by atoms with van der Waals surface area (Å²) in [6.07, 6.45) is 0.927. The van der Waals surface area contributed by atoms with E-state index in [1.54, 1.807) is 7.11 Å². The number of fused-ring (bicyclic) bond motifs is 1. The van der Waals surface area contributed by atoms with Crippen LogP contribution in [0.1, 0.15) is 11.1 Å². The van der Waals surface area contributed by atoms with Gasteiger partial charge in [0.05, 0.1) is 7.11 Å². The van der Waals surface area contributed by atoms with Crippen molar-refractivity contribution in [3.8, 4) is 17.2 Å². The fourth-order valence-electron chi connectivity index (χ4n) is 2.49. The first kappa shape index (κ1) is 13.8. The van der Waals surface area contributed by atoms with Crippen LogP contribution in [0.5, 0.6) is 17.2 Å². The molecule has 0 radical (unpaired) electrons. The molecule has 0 spiro atoms. The smallest absolute Gasteiger partial charge is 0.231 e. The van der Waals surface area contributed by atoms with E-state index in [1.807, 2.05) is 30.3 Å². The molecule has 0 atom stereocenters. The lowest BCUT2D eigenvalue weighted by Crippen LogP contribution is -2.17. The van der Waals surface area contributed by atoms with Crippen LogP contribution in [0.4, 0.5) is 0 Å². The minimum absolute atomic E-state index is 0.313. The fourth-order valence-corrected chi connectivity index (χ4v) is 2.49. The molecule has 1 N–H and O–H groups in total. The van der Waals surface area contributed by atoms with E-state index in [-0.39, 0.29) is 0 Å². The second kappa shape index (κ2) is 6.50. The summed E-state index contributed by atoms with van der Waals surface area (Å²) in [4.78, 5) is 0. The van der Waals surface area contributed by atoms with Gasteiger partial charge in [-0.3, -0.25) is 0 Å². The van der Waals surface area contributed by atoms with E-state index in [1.165, 1.54) is 5.56 Å². The number of nitrogens with one attached hydrogen (secondary N) is 1. The van der Waals surface area contributed by atoms with Gasteiger partial charge in [-0.25, -0.2) is 0 Å². The zero-order valence-electron chi connectivity index (χ0n) is 12.1. The van der Waals surface area contributed by atoms with Crippen LogP contribution in [0.2, 0.25) is 0 Å². The molecule has 4 heteroatoms. The van der Waals surface area contributed by atoms with Crippen LogP contribution in [-0.4, -0.2) is 20.4 Å². The van der Waals surface area contributed by atoms with Gasteiger partial charge in [0.25, 0.3) is 0 Å². The molecule has 0 saturated heterocycles. The van der Waals surface area contributed by atoms with Crippen LogP contribution in [0, 0.1) is 0 Å². The highest BCUT2D eigenvalue weighted by atomic mass is 16.7. The summed E-state index contributed by atoms with van der Waals surface area (Å²) in [7, 11) is 1.71. The van der Waals surface area contributed by atoms with Crippen LogP contribution < -0.4 is 19.5 Å². The van der Waals surface area contributed by atoms with E-state index >= 15 is 0 Å². The molecular weight excluding hydrogens is 266 g/mol. The lowest BCUT2D eigenvalue weighted by Gasteiger charge is -2.10. The first-order valence-electron chi connectivity index (χ1n) is 7.08. The van der Waals surface area contributed by atoms with Gasteiger partial charge in [0.15, 0.2) is 11.5 Å². The van der Waals surface area contributed by atoms with Crippen LogP contribution in [0.25, 0.3) is 0 Å². The maximum atomic E-state index is 5.50. The summed E-state index contributed by atoms with van der Waals surface area (Å²) in [6.45, 7) is 1.96. The lowest BCUT2D eigenvalue weighted by atomic mass is 10.1. The maximum absolute atomic E-state index is 5.50. The number of benzene rings is 2. The summed E-state index contributed by atoms with van der Waals surface area (Å²) in [5, 5.41) is 3.44. The van der Waals surface area contributed by atoms with Gasteiger partial charge in [-0.1, -0.05) is 30.3 Å². The molecule has 0 fully saturated rings. The fraction of sp³-hybridized carbons (Fsp3) is 0.294. The Morgan fingerprint density at radius 2 is 1.90 bits per heavy atom. The first-order chi connectivity index (χ1) is 10.4. The van der Waals surface area contributed by atoms with Crippen molar-refractivity contribution in [2.24, 2.45) is 0 Å². The number of hydrogen-bond donors (Lipinski definition) is 1. The number of hydrogen-bond acceptors (Lipinski definition) is 4.